The molecule has 0 radical (unpaired) electrons. The van der Waals surface area contributed by atoms with E-state index in [0.717, 1.165) is 38.0 Å². The van der Waals surface area contributed by atoms with Crippen molar-refractivity contribution in [2.45, 2.75) is 13.0 Å². The summed E-state index contributed by atoms with van der Waals surface area (Å²) in [5.41, 5.74) is 1.36. The van der Waals surface area contributed by atoms with E-state index in [-0.39, 0.29) is 0 Å². The molecule has 1 aromatic rings. The largest absolute Gasteiger partial charge is 0.382 e. The summed E-state index contributed by atoms with van der Waals surface area (Å²) in [5, 5.41) is 1.00. The van der Waals surface area contributed by atoms with Crippen LogP contribution < -0.4 is 0 Å². The molecule has 1 aromatic carbocycles. The first-order valence-corrected chi connectivity index (χ1v) is 7.88. The van der Waals surface area contributed by atoms with Gasteiger partial charge in [-0.15, -0.1) is 0 Å². The highest BCUT2D eigenvalue weighted by atomic mass is 79.9. The predicted molar refractivity (Wildman–Crippen MR) is 82.8 cm³/mol. The monoisotopic (exact) mass is 329 g/mol. The minimum absolute atomic E-state index is 0.676. The van der Waals surface area contributed by atoms with Crippen molar-refractivity contribution in [2.75, 3.05) is 45.4 Å². The highest BCUT2D eigenvalue weighted by molar-refractivity contribution is 9.09. The summed E-state index contributed by atoms with van der Waals surface area (Å²) in [7, 11) is 1.70. The zero-order valence-corrected chi connectivity index (χ0v) is 13.3. The van der Waals surface area contributed by atoms with Crippen LogP contribution in [0, 0.1) is 0 Å². The van der Waals surface area contributed by atoms with Crippen LogP contribution in [0.4, 0.5) is 0 Å². The summed E-state index contributed by atoms with van der Waals surface area (Å²) in [6.45, 7) is 5.30. The number of halogens is 1. The minimum atomic E-state index is 0.676. The Labute approximate surface area is 125 Å². The zero-order chi connectivity index (χ0) is 13.8. The van der Waals surface area contributed by atoms with Gasteiger partial charge in [0.25, 0.3) is 0 Å². The molecule has 0 amide bonds. The lowest BCUT2D eigenvalue weighted by Crippen LogP contribution is -2.27. The lowest BCUT2D eigenvalue weighted by molar-refractivity contribution is 0.0652. The van der Waals surface area contributed by atoms with Gasteiger partial charge in [-0.3, -0.25) is 4.90 Å². The van der Waals surface area contributed by atoms with Gasteiger partial charge in [0.1, 0.15) is 0 Å². The topological polar surface area (TPSA) is 21.7 Å². The van der Waals surface area contributed by atoms with Crippen molar-refractivity contribution in [2.24, 2.45) is 0 Å². The molecule has 0 bridgehead atoms. The Hall–Kier alpha value is -0.420. The molecule has 0 N–H and O–H groups in total. The number of methoxy groups -OCH3 is 1. The van der Waals surface area contributed by atoms with Crippen molar-refractivity contribution in [3.63, 3.8) is 0 Å². The van der Waals surface area contributed by atoms with E-state index in [2.05, 4.69) is 51.2 Å². The highest BCUT2D eigenvalue weighted by Gasteiger charge is 2.04. The fraction of sp³-hybridized carbons (Fsp3) is 0.600. The predicted octanol–water partition coefficient (Wildman–Crippen LogP) is 2.94. The summed E-state index contributed by atoms with van der Waals surface area (Å²) < 4.78 is 10.4. The van der Waals surface area contributed by atoms with Gasteiger partial charge in [-0.2, -0.15) is 0 Å². The zero-order valence-electron chi connectivity index (χ0n) is 11.7. The van der Waals surface area contributed by atoms with Crippen molar-refractivity contribution >= 4 is 15.9 Å². The first-order chi connectivity index (χ1) is 9.36. The second-order valence-electron chi connectivity index (χ2n) is 4.41. The Kier molecular flexibility index (Phi) is 9.99. The van der Waals surface area contributed by atoms with E-state index in [1.165, 1.54) is 5.56 Å². The Morgan fingerprint density at radius 2 is 1.84 bits per heavy atom. The third-order valence-corrected chi connectivity index (χ3v) is 3.20. The number of hydrogen-bond donors (Lipinski definition) is 0. The Balaban J connectivity index is 2.21. The summed E-state index contributed by atoms with van der Waals surface area (Å²) in [6, 6.07) is 10.6. The molecule has 0 unspecified atom stereocenters. The third-order valence-electron chi connectivity index (χ3n) is 2.84. The molecule has 4 heteroatoms. The lowest BCUT2D eigenvalue weighted by Gasteiger charge is -2.21. The maximum absolute atomic E-state index is 5.49. The van der Waals surface area contributed by atoms with Crippen molar-refractivity contribution in [3.05, 3.63) is 35.9 Å². The van der Waals surface area contributed by atoms with Gasteiger partial charge in [0, 0.05) is 38.7 Å². The molecule has 0 aromatic heterocycles. The van der Waals surface area contributed by atoms with Gasteiger partial charge < -0.3 is 9.47 Å². The molecule has 0 aliphatic carbocycles. The molecule has 0 fully saturated rings. The van der Waals surface area contributed by atoms with Gasteiger partial charge in [-0.1, -0.05) is 46.3 Å². The van der Waals surface area contributed by atoms with Crippen LogP contribution >= 0.6 is 15.9 Å². The van der Waals surface area contributed by atoms with Crippen LogP contribution in [-0.4, -0.2) is 50.2 Å². The van der Waals surface area contributed by atoms with Crippen molar-refractivity contribution in [3.8, 4) is 0 Å². The van der Waals surface area contributed by atoms with Crippen LogP contribution in [-0.2, 0) is 16.0 Å². The van der Waals surface area contributed by atoms with Crippen LogP contribution in [0.3, 0.4) is 0 Å². The second kappa shape index (κ2) is 11.4. The fourth-order valence-corrected chi connectivity index (χ4v) is 2.37. The van der Waals surface area contributed by atoms with E-state index in [1.807, 2.05) is 0 Å². The Morgan fingerprint density at radius 3 is 2.53 bits per heavy atom. The van der Waals surface area contributed by atoms with Crippen LogP contribution in [0.2, 0.25) is 0 Å². The van der Waals surface area contributed by atoms with Crippen LogP contribution in [0.15, 0.2) is 30.3 Å². The molecular formula is C15H24BrNO2. The smallest absolute Gasteiger partial charge is 0.0700 e. The average Bonchev–Trinajstić information content (AvgIpc) is 2.44. The molecule has 3 nitrogen and oxygen atoms in total. The summed E-state index contributed by atoms with van der Waals surface area (Å²) >= 11 is 3.52. The van der Waals surface area contributed by atoms with Gasteiger partial charge in [0.05, 0.1) is 13.2 Å². The molecule has 0 saturated heterocycles. The highest BCUT2D eigenvalue weighted by Crippen LogP contribution is 2.05. The lowest BCUT2D eigenvalue weighted by atomic mass is 10.2. The molecule has 19 heavy (non-hydrogen) atoms. The van der Waals surface area contributed by atoms with E-state index in [0.29, 0.717) is 13.2 Å². The van der Waals surface area contributed by atoms with E-state index in [1.54, 1.807) is 7.11 Å². The number of benzene rings is 1. The number of ether oxygens (including phenoxy) is 2. The number of alkyl halides is 1. The molecule has 0 heterocycles. The SMILES string of the molecule is COCCOCCCN(CCBr)Cc1ccccc1. The maximum Gasteiger partial charge on any atom is 0.0700 e. The summed E-state index contributed by atoms with van der Waals surface area (Å²) in [4.78, 5) is 2.45. The van der Waals surface area contributed by atoms with Gasteiger partial charge in [0.15, 0.2) is 0 Å². The van der Waals surface area contributed by atoms with Crippen molar-refractivity contribution in [1.29, 1.82) is 0 Å². The maximum atomic E-state index is 5.49. The molecule has 0 spiro atoms. The van der Waals surface area contributed by atoms with Crippen LogP contribution in [0.25, 0.3) is 0 Å². The normalized spacial score (nSPS) is 11.1. The third kappa shape index (κ3) is 8.37. The van der Waals surface area contributed by atoms with E-state index >= 15 is 0 Å². The number of rotatable bonds is 11. The first-order valence-electron chi connectivity index (χ1n) is 6.75. The van der Waals surface area contributed by atoms with Crippen molar-refractivity contribution < 1.29 is 9.47 Å². The standard InChI is InChI=1S/C15H24BrNO2/c1-18-12-13-19-11-5-9-17(10-8-16)14-15-6-3-2-4-7-15/h2-4,6-7H,5,8-14H2,1H3. The van der Waals surface area contributed by atoms with Crippen LogP contribution in [0.5, 0.6) is 0 Å². The quantitative estimate of drug-likeness (QED) is 0.460. The second-order valence-corrected chi connectivity index (χ2v) is 5.20. The van der Waals surface area contributed by atoms with E-state index in [9.17, 15) is 0 Å². The molecule has 108 valence electrons. The number of hydrogen-bond acceptors (Lipinski definition) is 3. The Bertz CT molecular complexity index is 308. The van der Waals surface area contributed by atoms with Gasteiger partial charge in [0.2, 0.25) is 0 Å². The van der Waals surface area contributed by atoms with E-state index < -0.39 is 0 Å². The van der Waals surface area contributed by atoms with Gasteiger partial charge in [-0.25, -0.2) is 0 Å². The molecule has 1 rings (SSSR count). The summed E-state index contributed by atoms with van der Waals surface area (Å²) in [5.74, 6) is 0. The molecule has 0 aliphatic rings. The minimum Gasteiger partial charge on any atom is -0.382 e. The summed E-state index contributed by atoms with van der Waals surface area (Å²) in [6.07, 6.45) is 1.06. The average molecular weight is 330 g/mol. The fourth-order valence-electron chi connectivity index (χ4n) is 1.87. The first kappa shape index (κ1) is 16.6. The van der Waals surface area contributed by atoms with E-state index in [4.69, 9.17) is 9.47 Å². The molecule has 0 atom stereocenters. The Morgan fingerprint density at radius 1 is 1.05 bits per heavy atom. The van der Waals surface area contributed by atoms with Gasteiger partial charge >= 0.3 is 0 Å². The molecule has 0 saturated carbocycles. The van der Waals surface area contributed by atoms with Crippen molar-refractivity contribution in [1.82, 2.24) is 4.90 Å². The van der Waals surface area contributed by atoms with Crippen LogP contribution in [0.1, 0.15) is 12.0 Å². The van der Waals surface area contributed by atoms with Gasteiger partial charge in [-0.05, 0) is 12.0 Å². The molecule has 0 aliphatic heterocycles. The molecular weight excluding hydrogens is 306 g/mol. The number of nitrogens with zero attached hydrogens (tertiary/aromatic N) is 1.